The average Bonchev–Trinajstić information content (AvgIpc) is 3.01. The van der Waals surface area contributed by atoms with Crippen LogP contribution in [0, 0.1) is 0 Å². The predicted octanol–water partition coefficient (Wildman–Crippen LogP) is 2.17. The number of hydrogen-bond donors (Lipinski definition) is 1. The molecule has 0 spiro atoms. The maximum Gasteiger partial charge on any atom is 0.254 e. The fourth-order valence-electron chi connectivity index (χ4n) is 2.60. The number of rotatable bonds is 2. The zero-order chi connectivity index (χ0) is 13.1. The average molecular weight is 256 g/mol. The zero-order valence-electron chi connectivity index (χ0n) is 10.6. The van der Waals surface area contributed by atoms with Gasteiger partial charge in [-0.3, -0.25) is 4.79 Å². The van der Waals surface area contributed by atoms with Crippen LogP contribution in [0.15, 0.2) is 36.5 Å². The highest BCUT2D eigenvalue weighted by Gasteiger charge is 2.30. The molecule has 0 bridgehead atoms. The molecule has 98 valence electrons. The van der Waals surface area contributed by atoms with Crippen LogP contribution in [0.3, 0.4) is 0 Å². The summed E-state index contributed by atoms with van der Waals surface area (Å²) in [6, 6.07) is 9.46. The molecule has 1 aromatic carbocycles. The molecule has 0 aliphatic carbocycles. The van der Waals surface area contributed by atoms with Gasteiger partial charge in [0, 0.05) is 12.1 Å². The molecule has 3 rings (SSSR count). The highest BCUT2D eigenvalue weighted by molar-refractivity contribution is 5.94. The van der Waals surface area contributed by atoms with Gasteiger partial charge in [-0.25, -0.2) is 0 Å². The van der Waals surface area contributed by atoms with Gasteiger partial charge in [0.25, 0.3) is 5.91 Å². The second kappa shape index (κ2) is 5.22. The van der Waals surface area contributed by atoms with E-state index in [2.05, 4.69) is 15.4 Å². The van der Waals surface area contributed by atoms with Gasteiger partial charge >= 0.3 is 0 Å². The van der Waals surface area contributed by atoms with Gasteiger partial charge in [0.1, 0.15) is 5.69 Å². The van der Waals surface area contributed by atoms with Crippen LogP contribution >= 0.6 is 0 Å². The van der Waals surface area contributed by atoms with Crippen molar-refractivity contribution >= 4 is 5.91 Å². The number of aromatic amines is 1. The van der Waals surface area contributed by atoms with Crippen molar-refractivity contribution in [2.45, 2.75) is 25.3 Å². The first-order chi connectivity index (χ1) is 9.36. The Morgan fingerprint density at radius 1 is 1.26 bits per heavy atom. The van der Waals surface area contributed by atoms with Crippen molar-refractivity contribution in [3.8, 4) is 0 Å². The van der Waals surface area contributed by atoms with Gasteiger partial charge in [0.05, 0.1) is 12.2 Å². The van der Waals surface area contributed by atoms with Gasteiger partial charge in [0.15, 0.2) is 0 Å². The molecule has 5 nitrogen and oxygen atoms in total. The number of likely N-dealkylation sites (tertiary alicyclic amines) is 1. The lowest BCUT2D eigenvalue weighted by Crippen LogP contribution is -2.38. The Balaban J connectivity index is 1.87. The number of nitrogens with zero attached hydrogens (tertiary/aromatic N) is 3. The summed E-state index contributed by atoms with van der Waals surface area (Å²) >= 11 is 0. The van der Waals surface area contributed by atoms with Gasteiger partial charge in [-0.15, -0.1) is 0 Å². The maximum atomic E-state index is 12.6. The largest absolute Gasteiger partial charge is 0.330 e. The Morgan fingerprint density at radius 2 is 2.11 bits per heavy atom. The van der Waals surface area contributed by atoms with E-state index >= 15 is 0 Å². The lowest BCUT2D eigenvalue weighted by Gasteiger charge is -2.34. The number of amides is 1. The van der Waals surface area contributed by atoms with Gasteiger partial charge in [-0.2, -0.15) is 15.4 Å². The van der Waals surface area contributed by atoms with Crippen molar-refractivity contribution in [1.29, 1.82) is 0 Å². The van der Waals surface area contributed by atoms with Crippen LogP contribution < -0.4 is 0 Å². The molecule has 1 unspecified atom stereocenters. The topological polar surface area (TPSA) is 61.9 Å². The number of aromatic nitrogens is 3. The monoisotopic (exact) mass is 256 g/mol. The van der Waals surface area contributed by atoms with Crippen LogP contribution in [0.2, 0.25) is 0 Å². The molecule has 1 aliphatic heterocycles. The molecule has 0 radical (unpaired) electrons. The molecule has 0 saturated carbocycles. The number of H-pyrrole nitrogens is 1. The van der Waals surface area contributed by atoms with Crippen LogP contribution in [-0.4, -0.2) is 32.8 Å². The summed E-state index contributed by atoms with van der Waals surface area (Å²) in [4.78, 5) is 14.5. The third kappa shape index (κ3) is 2.36. The Morgan fingerprint density at radius 3 is 2.84 bits per heavy atom. The van der Waals surface area contributed by atoms with Crippen LogP contribution in [-0.2, 0) is 0 Å². The Kier molecular flexibility index (Phi) is 3.27. The third-order valence-corrected chi connectivity index (χ3v) is 3.56. The summed E-state index contributed by atoms with van der Waals surface area (Å²) in [5.41, 5.74) is 1.59. The van der Waals surface area contributed by atoms with E-state index in [1.165, 1.54) is 0 Å². The third-order valence-electron chi connectivity index (χ3n) is 3.56. The minimum Gasteiger partial charge on any atom is -0.330 e. The lowest BCUT2D eigenvalue weighted by atomic mass is 9.98. The highest BCUT2D eigenvalue weighted by atomic mass is 16.2. The van der Waals surface area contributed by atoms with Crippen LogP contribution in [0.4, 0.5) is 0 Å². The summed E-state index contributed by atoms with van der Waals surface area (Å²) in [5, 5.41) is 10.6. The molecule has 1 amide bonds. The number of hydrogen-bond acceptors (Lipinski definition) is 3. The highest BCUT2D eigenvalue weighted by Crippen LogP contribution is 2.30. The molecular weight excluding hydrogens is 240 g/mol. The summed E-state index contributed by atoms with van der Waals surface area (Å²) < 4.78 is 0. The van der Waals surface area contributed by atoms with Gasteiger partial charge in [-0.1, -0.05) is 18.2 Å². The van der Waals surface area contributed by atoms with Crippen molar-refractivity contribution in [3.63, 3.8) is 0 Å². The smallest absolute Gasteiger partial charge is 0.254 e. The van der Waals surface area contributed by atoms with E-state index < -0.39 is 0 Å². The maximum absolute atomic E-state index is 12.6. The first-order valence-electron chi connectivity index (χ1n) is 6.58. The molecule has 5 heteroatoms. The fraction of sp³-hybridized carbons (Fsp3) is 0.357. The van der Waals surface area contributed by atoms with Gasteiger partial charge < -0.3 is 4.90 Å². The standard InChI is InChI=1S/C14H16N4O/c19-14(11-6-2-1-3-7-11)18-9-5-4-8-13(18)12-10-15-17-16-12/h1-3,6-7,10,13H,4-5,8-9H2,(H,15,16,17). The first-order valence-corrected chi connectivity index (χ1v) is 6.58. The second-order valence-electron chi connectivity index (χ2n) is 4.77. The minimum absolute atomic E-state index is 0.0419. The Labute approximate surface area is 111 Å². The summed E-state index contributed by atoms with van der Waals surface area (Å²) in [6.07, 6.45) is 4.83. The van der Waals surface area contributed by atoms with Crippen molar-refractivity contribution in [3.05, 3.63) is 47.8 Å². The van der Waals surface area contributed by atoms with E-state index in [0.717, 1.165) is 37.1 Å². The van der Waals surface area contributed by atoms with Crippen molar-refractivity contribution in [2.75, 3.05) is 6.54 Å². The quantitative estimate of drug-likeness (QED) is 0.895. The van der Waals surface area contributed by atoms with E-state index in [0.29, 0.717) is 0 Å². The Hall–Kier alpha value is -2.17. The molecule has 2 aromatic rings. The van der Waals surface area contributed by atoms with E-state index in [4.69, 9.17) is 0 Å². The van der Waals surface area contributed by atoms with E-state index in [9.17, 15) is 4.79 Å². The van der Waals surface area contributed by atoms with Crippen molar-refractivity contribution in [1.82, 2.24) is 20.3 Å². The number of nitrogens with one attached hydrogen (secondary N) is 1. The van der Waals surface area contributed by atoms with Gasteiger partial charge in [0.2, 0.25) is 0 Å². The number of carbonyl (C=O) groups excluding carboxylic acids is 1. The summed E-state index contributed by atoms with van der Waals surface area (Å²) in [5.74, 6) is 0.0771. The normalized spacial score (nSPS) is 19.4. The minimum atomic E-state index is 0.0419. The van der Waals surface area contributed by atoms with Crippen molar-refractivity contribution in [2.24, 2.45) is 0 Å². The van der Waals surface area contributed by atoms with Crippen LogP contribution in [0.1, 0.15) is 41.4 Å². The number of benzene rings is 1. The summed E-state index contributed by atoms with van der Waals surface area (Å²) in [6.45, 7) is 0.783. The summed E-state index contributed by atoms with van der Waals surface area (Å²) in [7, 11) is 0. The molecule has 1 N–H and O–H groups in total. The number of carbonyl (C=O) groups is 1. The predicted molar refractivity (Wildman–Crippen MR) is 70.5 cm³/mol. The van der Waals surface area contributed by atoms with E-state index in [1.807, 2.05) is 35.2 Å². The molecular formula is C14H16N4O. The lowest BCUT2D eigenvalue weighted by molar-refractivity contribution is 0.0606. The zero-order valence-corrected chi connectivity index (χ0v) is 10.6. The molecule has 2 heterocycles. The fourth-order valence-corrected chi connectivity index (χ4v) is 2.60. The molecule has 1 atom stereocenters. The molecule has 1 saturated heterocycles. The SMILES string of the molecule is O=C(c1ccccc1)N1CCCCC1c1cn[nH]n1. The molecule has 1 aliphatic rings. The second-order valence-corrected chi connectivity index (χ2v) is 4.77. The van der Waals surface area contributed by atoms with Crippen molar-refractivity contribution < 1.29 is 4.79 Å². The molecule has 1 fully saturated rings. The van der Waals surface area contributed by atoms with Gasteiger partial charge in [-0.05, 0) is 31.4 Å². The Bertz CT molecular complexity index is 538. The van der Waals surface area contributed by atoms with Crippen LogP contribution in [0.5, 0.6) is 0 Å². The number of piperidine rings is 1. The van der Waals surface area contributed by atoms with E-state index in [1.54, 1.807) is 6.20 Å². The van der Waals surface area contributed by atoms with E-state index in [-0.39, 0.29) is 11.9 Å². The first kappa shape index (κ1) is 11.9. The van der Waals surface area contributed by atoms with Crippen LogP contribution in [0.25, 0.3) is 0 Å². The molecule has 1 aromatic heterocycles. The molecule has 19 heavy (non-hydrogen) atoms.